The van der Waals surface area contributed by atoms with Crippen LogP contribution in [-0.4, -0.2) is 42.8 Å². The lowest BCUT2D eigenvalue weighted by Crippen LogP contribution is -2.51. The molecule has 0 aliphatic carbocycles. The first kappa shape index (κ1) is 13.3. The minimum absolute atomic E-state index is 0.585. The standard InChI is InChI=1S/C14H28N2O/c1-3-13-5-4-11(2)16(13)14(10-15)12-6-8-17-9-7-12/h11-14H,3-10,15H2,1-2H3. The third-order valence-electron chi connectivity index (χ3n) is 4.75. The second kappa shape index (κ2) is 6.17. The van der Waals surface area contributed by atoms with Crippen molar-refractivity contribution in [1.82, 2.24) is 4.90 Å². The van der Waals surface area contributed by atoms with Crippen molar-refractivity contribution in [3.8, 4) is 0 Å². The molecule has 2 N–H and O–H groups in total. The van der Waals surface area contributed by atoms with E-state index in [0.29, 0.717) is 6.04 Å². The van der Waals surface area contributed by atoms with E-state index >= 15 is 0 Å². The summed E-state index contributed by atoms with van der Waals surface area (Å²) in [5.41, 5.74) is 6.08. The topological polar surface area (TPSA) is 38.5 Å². The quantitative estimate of drug-likeness (QED) is 0.817. The highest BCUT2D eigenvalue weighted by atomic mass is 16.5. The van der Waals surface area contributed by atoms with E-state index in [0.717, 1.165) is 37.8 Å². The van der Waals surface area contributed by atoms with E-state index < -0.39 is 0 Å². The Morgan fingerprint density at radius 2 is 1.94 bits per heavy atom. The molecule has 2 aliphatic rings. The van der Waals surface area contributed by atoms with Gasteiger partial charge in [0.2, 0.25) is 0 Å². The molecule has 2 aliphatic heterocycles. The van der Waals surface area contributed by atoms with Gasteiger partial charge < -0.3 is 10.5 Å². The Balaban J connectivity index is 2.04. The first-order chi connectivity index (χ1) is 8.27. The highest BCUT2D eigenvalue weighted by molar-refractivity contribution is 4.93. The van der Waals surface area contributed by atoms with Gasteiger partial charge in [-0.25, -0.2) is 0 Å². The molecule has 0 bridgehead atoms. The third-order valence-corrected chi connectivity index (χ3v) is 4.75. The summed E-state index contributed by atoms with van der Waals surface area (Å²) in [4.78, 5) is 2.73. The largest absolute Gasteiger partial charge is 0.381 e. The van der Waals surface area contributed by atoms with Crippen LogP contribution in [0.4, 0.5) is 0 Å². The second-order valence-corrected chi connectivity index (χ2v) is 5.69. The normalized spacial score (nSPS) is 34.1. The van der Waals surface area contributed by atoms with Gasteiger partial charge in [0.1, 0.15) is 0 Å². The molecule has 3 nitrogen and oxygen atoms in total. The lowest BCUT2D eigenvalue weighted by atomic mass is 9.89. The maximum absolute atomic E-state index is 6.08. The SMILES string of the molecule is CCC1CCC(C)N1C(CN)C1CCOCC1. The fraction of sp³-hybridized carbons (Fsp3) is 1.00. The number of hydrogen-bond donors (Lipinski definition) is 1. The molecule has 0 aromatic heterocycles. The molecular weight excluding hydrogens is 212 g/mol. The van der Waals surface area contributed by atoms with Crippen molar-refractivity contribution < 1.29 is 4.74 Å². The van der Waals surface area contributed by atoms with Crippen LogP contribution in [0.1, 0.15) is 46.0 Å². The average molecular weight is 240 g/mol. The Kier molecular flexibility index (Phi) is 4.83. The molecule has 0 saturated carbocycles. The monoisotopic (exact) mass is 240 g/mol. The van der Waals surface area contributed by atoms with Gasteiger partial charge in [-0.3, -0.25) is 4.90 Å². The Hall–Kier alpha value is -0.120. The molecule has 0 radical (unpaired) electrons. The van der Waals surface area contributed by atoms with Crippen molar-refractivity contribution >= 4 is 0 Å². The van der Waals surface area contributed by atoms with E-state index in [2.05, 4.69) is 18.7 Å². The summed E-state index contributed by atoms with van der Waals surface area (Å²) in [7, 11) is 0. The zero-order chi connectivity index (χ0) is 12.3. The number of nitrogens with two attached hydrogens (primary N) is 1. The molecule has 17 heavy (non-hydrogen) atoms. The summed E-state index contributed by atoms with van der Waals surface area (Å²) < 4.78 is 5.48. The van der Waals surface area contributed by atoms with Gasteiger partial charge in [0.25, 0.3) is 0 Å². The molecule has 2 rings (SSSR count). The minimum atomic E-state index is 0.585. The minimum Gasteiger partial charge on any atom is -0.381 e. The number of rotatable bonds is 4. The summed E-state index contributed by atoms with van der Waals surface area (Å²) >= 11 is 0. The fourth-order valence-electron chi connectivity index (χ4n) is 3.76. The van der Waals surface area contributed by atoms with Crippen LogP contribution >= 0.6 is 0 Å². The molecule has 0 aromatic carbocycles. The first-order valence-electron chi connectivity index (χ1n) is 7.33. The van der Waals surface area contributed by atoms with Crippen LogP contribution in [0.2, 0.25) is 0 Å². The molecular formula is C14H28N2O. The maximum Gasteiger partial charge on any atom is 0.0469 e. The van der Waals surface area contributed by atoms with Gasteiger partial charge in [0.05, 0.1) is 0 Å². The van der Waals surface area contributed by atoms with Crippen LogP contribution in [0, 0.1) is 5.92 Å². The summed E-state index contributed by atoms with van der Waals surface area (Å²) in [6.07, 6.45) is 6.36. The van der Waals surface area contributed by atoms with Gasteiger partial charge in [0, 0.05) is 37.9 Å². The maximum atomic E-state index is 6.08. The van der Waals surface area contributed by atoms with Crippen LogP contribution in [0.3, 0.4) is 0 Å². The van der Waals surface area contributed by atoms with Crippen molar-refractivity contribution in [3.63, 3.8) is 0 Å². The Labute approximate surface area is 106 Å². The predicted octanol–water partition coefficient (Wildman–Crippen LogP) is 2.00. The van der Waals surface area contributed by atoms with Gasteiger partial charge in [-0.2, -0.15) is 0 Å². The van der Waals surface area contributed by atoms with Crippen LogP contribution < -0.4 is 5.73 Å². The molecule has 3 unspecified atom stereocenters. The molecule has 0 aromatic rings. The lowest BCUT2D eigenvalue weighted by molar-refractivity contribution is 0.0136. The van der Waals surface area contributed by atoms with Gasteiger partial charge in [0.15, 0.2) is 0 Å². The van der Waals surface area contributed by atoms with Gasteiger partial charge in [-0.05, 0) is 44.9 Å². The van der Waals surface area contributed by atoms with Crippen LogP contribution in [0.15, 0.2) is 0 Å². The summed E-state index contributed by atoms with van der Waals surface area (Å²) in [6.45, 7) is 7.36. The van der Waals surface area contributed by atoms with Crippen molar-refractivity contribution in [2.45, 2.75) is 64.1 Å². The van der Waals surface area contributed by atoms with E-state index in [-0.39, 0.29) is 0 Å². The molecule has 2 fully saturated rings. The Bertz CT molecular complexity index is 228. The van der Waals surface area contributed by atoms with E-state index in [1.165, 1.54) is 32.1 Å². The predicted molar refractivity (Wildman–Crippen MR) is 71.0 cm³/mol. The number of ether oxygens (including phenoxy) is 1. The summed E-state index contributed by atoms with van der Waals surface area (Å²) in [5.74, 6) is 0.753. The van der Waals surface area contributed by atoms with Crippen molar-refractivity contribution in [2.75, 3.05) is 19.8 Å². The molecule has 100 valence electrons. The smallest absolute Gasteiger partial charge is 0.0469 e. The highest BCUT2D eigenvalue weighted by Gasteiger charge is 2.37. The second-order valence-electron chi connectivity index (χ2n) is 5.69. The fourth-order valence-corrected chi connectivity index (χ4v) is 3.76. The first-order valence-corrected chi connectivity index (χ1v) is 7.33. The zero-order valence-corrected chi connectivity index (χ0v) is 11.4. The number of hydrogen-bond acceptors (Lipinski definition) is 3. The molecule has 2 heterocycles. The van der Waals surface area contributed by atoms with E-state index in [1.807, 2.05) is 0 Å². The third kappa shape index (κ3) is 2.83. The van der Waals surface area contributed by atoms with Gasteiger partial charge in [-0.15, -0.1) is 0 Å². The summed E-state index contributed by atoms with van der Waals surface area (Å²) in [6, 6.07) is 2.07. The molecule has 0 amide bonds. The lowest BCUT2D eigenvalue weighted by Gasteiger charge is -2.41. The Morgan fingerprint density at radius 3 is 2.53 bits per heavy atom. The zero-order valence-electron chi connectivity index (χ0n) is 11.4. The van der Waals surface area contributed by atoms with Crippen molar-refractivity contribution in [2.24, 2.45) is 11.7 Å². The van der Waals surface area contributed by atoms with Crippen LogP contribution in [0.5, 0.6) is 0 Å². The van der Waals surface area contributed by atoms with E-state index in [4.69, 9.17) is 10.5 Å². The van der Waals surface area contributed by atoms with Crippen molar-refractivity contribution in [3.05, 3.63) is 0 Å². The van der Waals surface area contributed by atoms with Crippen LogP contribution in [-0.2, 0) is 4.74 Å². The van der Waals surface area contributed by atoms with Gasteiger partial charge >= 0.3 is 0 Å². The average Bonchev–Trinajstić information content (AvgIpc) is 2.74. The molecule has 3 atom stereocenters. The molecule has 3 heteroatoms. The highest BCUT2D eigenvalue weighted by Crippen LogP contribution is 2.33. The number of nitrogens with zero attached hydrogens (tertiary/aromatic N) is 1. The number of likely N-dealkylation sites (tertiary alicyclic amines) is 1. The van der Waals surface area contributed by atoms with Gasteiger partial charge in [-0.1, -0.05) is 6.92 Å². The molecule has 0 spiro atoms. The van der Waals surface area contributed by atoms with Crippen LogP contribution in [0.25, 0.3) is 0 Å². The van der Waals surface area contributed by atoms with E-state index in [1.54, 1.807) is 0 Å². The summed E-state index contributed by atoms with van der Waals surface area (Å²) in [5, 5.41) is 0. The van der Waals surface area contributed by atoms with Crippen molar-refractivity contribution in [1.29, 1.82) is 0 Å². The van der Waals surface area contributed by atoms with E-state index in [9.17, 15) is 0 Å². The molecule has 2 saturated heterocycles. The Morgan fingerprint density at radius 1 is 1.24 bits per heavy atom.